The van der Waals surface area contributed by atoms with Gasteiger partial charge in [-0.3, -0.25) is 0 Å². The topological polar surface area (TPSA) is 49.8 Å². The number of hydrogen-bond acceptors (Lipinski definition) is 6. The van der Waals surface area contributed by atoms with Gasteiger partial charge in [-0.15, -0.1) is 11.3 Å². The quantitative estimate of drug-likeness (QED) is 0.753. The molecule has 0 saturated carbocycles. The molecule has 0 bridgehead atoms. The lowest BCUT2D eigenvalue weighted by atomic mass is 10.2. The fraction of sp³-hybridized carbons (Fsp3) is 0.286. The molecule has 0 radical (unpaired) electrons. The molecular weight excluding hydrogens is 288 g/mol. The zero-order valence-electron chi connectivity index (χ0n) is 11.4. The highest BCUT2D eigenvalue weighted by Gasteiger charge is 2.09. The van der Waals surface area contributed by atoms with E-state index in [-0.39, 0.29) is 0 Å². The molecule has 0 saturated heterocycles. The second-order valence-corrected chi connectivity index (χ2v) is 6.54. The van der Waals surface area contributed by atoms with Gasteiger partial charge >= 0.3 is 0 Å². The van der Waals surface area contributed by atoms with E-state index < -0.39 is 0 Å². The van der Waals surface area contributed by atoms with Crippen molar-refractivity contribution in [3.8, 4) is 0 Å². The fourth-order valence-electron chi connectivity index (χ4n) is 2.05. The average Bonchev–Trinajstić information content (AvgIpc) is 3.06. The van der Waals surface area contributed by atoms with Gasteiger partial charge in [0.05, 0.1) is 5.39 Å². The molecule has 0 unspecified atom stereocenters. The zero-order valence-corrected chi connectivity index (χ0v) is 13.1. The Balaban J connectivity index is 1.81. The first kappa shape index (κ1) is 13.3. The molecule has 3 aromatic heterocycles. The van der Waals surface area contributed by atoms with E-state index in [0.29, 0.717) is 5.95 Å². The van der Waals surface area contributed by atoms with Gasteiger partial charge < -0.3 is 10.6 Å². The Morgan fingerprint density at radius 2 is 2.20 bits per heavy atom. The van der Waals surface area contributed by atoms with Gasteiger partial charge in [0, 0.05) is 18.5 Å². The summed E-state index contributed by atoms with van der Waals surface area (Å²) in [5.74, 6) is 1.58. The Morgan fingerprint density at radius 3 is 2.95 bits per heavy atom. The Hall–Kier alpha value is -1.66. The fourth-order valence-corrected chi connectivity index (χ4v) is 3.63. The van der Waals surface area contributed by atoms with Crippen LogP contribution in [-0.4, -0.2) is 23.6 Å². The van der Waals surface area contributed by atoms with E-state index in [1.807, 2.05) is 7.05 Å². The van der Waals surface area contributed by atoms with Crippen LogP contribution < -0.4 is 10.6 Å². The van der Waals surface area contributed by atoms with Crippen LogP contribution in [0.3, 0.4) is 0 Å². The molecule has 3 aromatic rings. The van der Waals surface area contributed by atoms with Crippen LogP contribution in [0, 0.1) is 6.92 Å². The summed E-state index contributed by atoms with van der Waals surface area (Å²) in [6.45, 7) is 2.97. The monoisotopic (exact) mass is 304 g/mol. The highest BCUT2D eigenvalue weighted by molar-refractivity contribution is 7.18. The Labute approximate surface area is 125 Å². The Kier molecular flexibility index (Phi) is 3.84. The first-order valence-electron chi connectivity index (χ1n) is 6.47. The largest absolute Gasteiger partial charge is 0.369 e. The van der Waals surface area contributed by atoms with Crippen molar-refractivity contribution in [1.82, 2.24) is 9.97 Å². The van der Waals surface area contributed by atoms with Crippen molar-refractivity contribution >= 4 is 44.7 Å². The summed E-state index contributed by atoms with van der Waals surface area (Å²) < 4.78 is 0. The molecule has 3 rings (SSSR count). The van der Waals surface area contributed by atoms with Crippen LogP contribution in [0.2, 0.25) is 0 Å². The minimum Gasteiger partial charge on any atom is -0.369 e. The first-order valence-corrected chi connectivity index (χ1v) is 8.23. The summed E-state index contributed by atoms with van der Waals surface area (Å²) >= 11 is 3.43. The van der Waals surface area contributed by atoms with Gasteiger partial charge in [0.1, 0.15) is 10.6 Å². The summed E-state index contributed by atoms with van der Waals surface area (Å²) in [6.07, 6.45) is 1.01. The molecule has 0 amide bonds. The van der Waals surface area contributed by atoms with Crippen LogP contribution in [0.15, 0.2) is 22.9 Å². The predicted octanol–water partition coefficient (Wildman–Crippen LogP) is 3.76. The van der Waals surface area contributed by atoms with E-state index in [0.717, 1.165) is 29.0 Å². The zero-order chi connectivity index (χ0) is 13.9. The smallest absolute Gasteiger partial charge is 0.225 e. The molecule has 6 heteroatoms. The minimum absolute atomic E-state index is 0.664. The number of rotatable bonds is 5. The van der Waals surface area contributed by atoms with Gasteiger partial charge in [-0.2, -0.15) is 16.3 Å². The van der Waals surface area contributed by atoms with Crippen molar-refractivity contribution < 1.29 is 0 Å². The van der Waals surface area contributed by atoms with Crippen molar-refractivity contribution in [2.75, 3.05) is 24.2 Å². The number of nitrogens with zero attached hydrogens (tertiary/aromatic N) is 2. The highest BCUT2D eigenvalue weighted by atomic mass is 32.1. The van der Waals surface area contributed by atoms with Gasteiger partial charge in [0.15, 0.2) is 0 Å². The van der Waals surface area contributed by atoms with Gasteiger partial charge in [0.25, 0.3) is 0 Å². The van der Waals surface area contributed by atoms with E-state index in [9.17, 15) is 0 Å². The van der Waals surface area contributed by atoms with Crippen molar-refractivity contribution in [3.63, 3.8) is 0 Å². The molecule has 0 aromatic carbocycles. The summed E-state index contributed by atoms with van der Waals surface area (Å²) in [4.78, 5) is 11.3. The average molecular weight is 304 g/mol. The van der Waals surface area contributed by atoms with Crippen LogP contribution in [0.1, 0.15) is 10.4 Å². The summed E-state index contributed by atoms with van der Waals surface area (Å²) in [5, 5.41) is 11.9. The van der Waals surface area contributed by atoms with Gasteiger partial charge in [-0.25, -0.2) is 4.98 Å². The molecule has 0 aliphatic carbocycles. The minimum atomic E-state index is 0.664. The van der Waals surface area contributed by atoms with E-state index >= 15 is 0 Å². The molecule has 0 aliphatic heterocycles. The molecule has 104 valence electrons. The summed E-state index contributed by atoms with van der Waals surface area (Å²) in [7, 11) is 1.84. The molecule has 0 aliphatic rings. The number of thiophene rings is 2. The third kappa shape index (κ3) is 2.76. The maximum atomic E-state index is 4.53. The van der Waals surface area contributed by atoms with Crippen molar-refractivity contribution in [2.45, 2.75) is 13.3 Å². The van der Waals surface area contributed by atoms with Crippen LogP contribution in [0.25, 0.3) is 10.2 Å². The van der Waals surface area contributed by atoms with Crippen LogP contribution in [-0.2, 0) is 6.42 Å². The number of aromatic nitrogens is 2. The molecule has 0 fully saturated rings. The van der Waals surface area contributed by atoms with Crippen LogP contribution in [0.4, 0.5) is 11.8 Å². The lowest BCUT2D eigenvalue weighted by Crippen LogP contribution is -2.08. The highest BCUT2D eigenvalue weighted by Crippen LogP contribution is 2.29. The van der Waals surface area contributed by atoms with Gasteiger partial charge in [-0.1, -0.05) is 0 Å². The number of fused-ring (bicyclic) bond motifs is 1. The molecule has 3 heterocycles. The van der Waals surface area contributed by atoms with Crippen molar-refractivity contribution in [2.24, 2.45) is 0 Å². The SMILES string of the molecule is CNc1nc(NCCc2ccsc2)c2cc(C)sc2n1. The maximum absolute atomic E-state index is 4.53. The van der Waals surface area contributed by atoms with E-state index in [1.165, 1.54) is 10.4 Å². The lowest BCUT2D eigenvalue weighted by molar-refractivity contribution is 1.01. The standard InChI is InChI=1S/C14H16N4S2/c1-9-7-11-12(16-5-3-10-4-6-19-8-10)17-14(15-2)18-13(11)20-9/h4,6-8H,3,5H2,1-2H3,(H2,15,16,17,18). The Morgan fingerprint density at radius 1 is 1.30 bits per heavy atom. The van der Waals surface area contributed by atoms with Crippen LogP contribution >= 0.6 is 22.7 Å². The second-order valence-electron chi connectivity index (χ2n) is 4.53. The maximum Gasteiger partial charge on any atom is 0.225 e. The van der Waals surface area contributed by atoms with E-state index in [2.05, 4.69) is 50.4 Å². The molecule has 0 spiro atoms. The van der Waals surface area contributed by atoms with Gasteiger partial charge in [-0.05, 0) is 41.8 Å². The first-order chi connectivity index (χ1) is 9.76. The van der Waals surface area contributed by atoms with E-state index in [4.69, 9.17) is 0 Å². The lowest BCUT2D eigenvalue weighted by Gasteiger charge is -2.08. The Bertz CT molecular complexity index is 703. The van der Waals surface area contributed by atoms with Crippen molar-refractivity contribution in [1.29, 1.82) is 0 Å². The van der Waals surface area contributed by atoms with Gasteiger partial charge in [0.2, 0.25) is 5.95 Å². The molecule has 4 nitrogen and oxygen atoms in total. The number of aryl methyl sites for hydroxylation is 1. The van der Waals surface area contributed by atoms with Crippen molar-refractivity contribution in [3.05, 3.63) is 33.3 Å². The molecule has 0 atom stereocenters. The normalized spacial score (nSPS) is 10.9. The summed E-state index contributed by atoms with van der Waals surface area (Å²) in [6, 6.07) is 4.31. The van der Waals surface area contributed by atoms with E-state index in [1.54, 1.807) is 22.7 Å². The number of hydrogen-bond donors (Lipinski definition) is 2. The second kappa shape index (κ2) is 5.76. The number of nitrogens with one attached hydrogen (secondary N) is 2. The summed E-state index contributed by atoms with van der Waals surface area (Å²) in [5.41, 5.74) is 1.36. The molecule has 2 N–H and O–H groups in total. The predicted molar refractivity (Wildman–Crippen MR) is 88.2 cm³/mol. The molecule has 20 heavy (non-hydrogen) atoms. The number of anilines is 2. The van der Waals surface area contributed by atoms with Crippen LogP contribution in [0.5, 0.6) is 0 Å². The third-order valence-electron chi connectivity index (χ3n) is 3.03. The molecular formula is C14H16N4S2. The third-order valence-corrected chi connectivity index (χ3v) is 4.70.